The van der Waals surface area contributed by atoms with E-state index in [2.05, 4.69) is 4.98 Å². The van der Waals surface area contributed by atoms with E-state index in [1.807, 2.05) is 48.5 Å². The quantitative estimate of drug-likeness (QED) is 0.306. The number of ether oxygens (including phenoxy) is 2. The number of H-pyrrole nitrogens is 1. The normalized spacial score (nSPS) is 12.2. The smallest absolute Gasteiger partial charge is 0.410 e. The standard InChI is InChI=1S/C32H36N4O9/c1-20-15-36(30(42)33-29(20)41)16-26(37)34(17-27(38)39)13-14-35(18-28(40)45-32(2,3)4)31(43)44-19-25-23-11-7-5-9-21(23)22-10-6-8-12-24(22)25/h5-12,15,25H,13-14,16-19H2,1-4H3,(H,38,39)(H,33,41,42). The summed E-state index contributed by atoms with van der Waals surface area (Å²) < 4.78 is 12.1. The average Bonchev–Trinajstić information content (AvgIpc) is 3.28. The summed E-state index contributed by atoms with van der Waals surface area (Å²) in [4.78, 5) is 78.9. The lowest BCUT2D eigenvalue weighted by Crippen LogP contribution is -2.47. The van der Waals surface area contributed by atoms with Crippen molar-refractivity contribution in [2.45, 2.75) is 45.8 Å². The highest BCUT2D eigenvalue weighted by Gasteiger charge is 2.31. The van der Waals surface area contributed by atoms with E-state index >= 15 is 0 Å². The van der Waals surface area contributed by atoms with Gasteiger partial charge >= 0.3 is 23.7 Å². The Morgan fingerprint density at radius 2 is 1.49 bits per heavy atom. The van der Waals surface area contributed by atoms with Crippen LogP contribution in [0.25, 0.3) is 11.1 Å². The van der Waals surface area contributed by atoms with Crippen molar-refractivity contribution >= 4 is 23.9 Å². The molecule has 1 aromatic heterocycles. The molecule has 0 spiro atoms. The molecule has 13 nitrogen and oxygen atoms in total. The highest BCUT2D eigenvalue weighted by Crippen LogP contribution is 2.44. The van der Waals surface area contributed by atoms with E-state index < -0.39 is 60.4 Å². The van der Waals surface area contributed by atoms with Gasteiger partial charge in [0, 0.05) is 30.8 Å². The zero-order valence-corrected chi connectivity index (χ0v) is 25.6. The van der Waals surface area contributed by atoms with Gasteiger partial charge in [-0.25, -0.2) is 9.59 Å². The van der Waals surface area contributed by atoms with Crippen LogP contribution >= 0.6 is 0 Å². The molecule has 4 rings (SSSR count). The fraction of sp³-hybridized carbons (Fsp3) is 0.375. The number of carboxylic acids is 1. The fourth-order valence-electron chi connectivity index (χ4n) is 5.13. The van der Waals surface area contributed by atoms with E-state index in [1.54, 1.807) is 20.8 Å². The first kappa shape index (κ1) is 32.7. The number of esters is 1. The molecule has 2 amide bonds. The second kappa shape index (κ2) is 13.6. The Morgan fingerprint density at radius 3 is 2.07 bits per heavy atom. The maximum Gasteiger partial charge on any atom is 0.410 e. The second-order valence-corrected chi connectivity index (χ2v) is 11.7. The third kappa shape index (κ3) is 8.25. The molecule has 0 bridgehead atoms. The average molecular weight is 621 g/mol. The third-order valence-corrected chi connectivity index (χ3v) is 7.15. The van der Waals surface area contributed by atoms with Crippen LogP contribution in [0.2, 0.25) is 0 Å². The summed E-state index contributed by atoms with van der Waals surface area (Å²) in [5.74, 6) is -3.04. The molecule has 0 atom stereocenters. The number of nitrogens with zero attached hydrogens (tertiary/aromatic N) is 3. The van der Waals surface area contributed by atoms with Gasteiger partial charge in [0.15, 0.2) is 0 Å². The molecule has 3 aromatic rings. The summed E-state index contributed by atoms with van der Waals surface area (Å²) in [6.45, 7) is 4.09. The topological polar surface area (TPSA) is 168 Å². The molecule has 13 heteroatoms. The van der Waals surface area contributed by atoms with Crippen molar-refractivity contribution < 1.29 is 33.8 Å². The maximum absolute atomic E-state index is 13.4. The number of benzene rings is 2. The Bertz CT molecular complexity index is 1670. The van der Waals surface area contributed by atoms with Crippen molar-refractivity contribution in [1.82, 2.24) is 19.4 Å². The number of carboxylic acid groups (broad SMARTS) is 1. The zero-order chi connectivity index (χ0) is 32.9. The largest absolute Gasteiger partial charge is 0.480 e. The SMILES string of the molecule is Cc1cn(CC(=O)N(CCN(CC(=O)OC(C)(C)C)C(=O)OCC2c3ccccc3-c3ccccc32)CC(=O)O)c(=O)[nH]c1=O. The molecule has 0 saturated carbocycles. The number of aryl methyl sites for hydroxylation is 1. The fourth-order valence-corrected chi connectivity index (χ4v) is 5.13. The van der Waals surface area contributed by atoms with E-state index in [1.165, 1.54) is 13.1 Å². The molecular weight excluding hydrogens is 584 g/mol. The number of carbonyl (C=O) groups excluding carboxylic acids is 3. The minimum atomic E-state index is -1.33. The Hall–Kier alpha value is -5.20. The molecule has 45 heavy (non-hydrogen) atoms. The molecule has 0 saturated heterocycles. The van der Waals surface area contributed by atoms with E-state index in [-0.39, 0.29) is 31.2 Å². The van der Waals surface area contributed by atoms with Crippen LogP contribution < -0.4 is 11.2 Å². The minimum absolute atomic E-state index is 0.0239. The lowest BCUT2D eigenvalue weighted by molar-refractivity contribution is -0.156. The molecule has 238 valence electrons. The van der Waals surface area contributed by atoms with E-state index in [0.717, 1.165) is 36.6 Å². The molecular formula is C32H36N4O9. The number of aromatic nitrogens is 2. The van der Waals surface area contributed by atoms with Gasteiger partial charge in [0.1, 0.15) is 31.8 Å². The van der Waals surface area contributed by atoms with Crippen molar-refractivity contribution in [3.8, 4) is 11.1 Å². The Morgan fingerprint density at radius 1 is 0.911 bits per heavy atom. The lowest BCUT2D eigenvalue weighted by atomic mass is 9.98. The van der Waals surface area contributed by atoms with Crippen LogP contribution in [0.1, 0.15) is 43.4 Å². The molecule has 0 radical (unpaired) electrons. The number of hydrogen-bond donors (Lipinski definition) is 2. The molecule has 0 unspecified atom stereocenters. The van der Waals surface area contributed by atoms with Gasteiger partial charge in [-0.1, -0.05) is 48.5 Å². The highest BCUT2D eigenvalue weighted by molar-refractivity contribution is 5.82. The molecule has 0 aliphatic heterocycles. The lowest BCUT2D eigenvalue weighted by Gasteiger charge is -2.28. The number of carbonyl (C=O) groups is 4. The Kier molecular flexibility index (Phi) is 9.90. The van der Waals surface area contributed by atoms with E-state index in [4.69, 9.17) is 9.47 Å². The van der Waals surface area contributed by atoms with Crippen molar-refractivity contribution in [1.29, 1.82) is 0 Å². The van der Waals surface area contributed by atoms with Crippen molar-refractivity contribution in [2.75, 3.05) is 32.8 Å². The number of aliphatic carboxylic acids is 1. The van der Waals surface area contributed by atoms with E-state index in [0.29, 0.717) is 0 Å². The monoisotopic (exact) mass is 620 g/mol. The molecule has 2 N–H and O–H groups in total. The summed E-state index contributed by atoms with van der Waals surface area (Å²) in [5, 5.41) is 9.46. The number of rotatable bonds is 11. The summed E-state index contributed by atoms with van der Waals surface area (Å²) in [6, 6.07) is 15.6. The molecule has 2 aromatic carbocycles. The third-order valence-electron chi connectivity index (χ3n) is 7.15. The van der Waals surface area contributed by atoms with Crippen LogP contribution in [0.15, 0.2) is 64.3 Å². The number of hydrogen-bond acceptors (Lipinski definition) is 8. The van der Waals surface area contributed by atoms with Gasteiger partial charge in [-0.2, -0.15) is 0 Å². The van der Waals surface area contributed by atoms with E-state index in [9.17, 15) is 33.9 Å². The zero-order valence-electron chi connectivity index (χ0n) is 25.6. The first-order chi connectivity index (χ1) is 21.2. The summed E-state index contributed by atoms with van der Waals surface area (Å²) >= 11 is 0. The number of nitrogens with one attached hydrogen (secondary N) is 1. The summed E-state index contributed by atoms with van der Waals surface area (Å²) in [7, 11) is 0. The van der Waals surface area contributed by atoms with Gasteiger partial charge in [0.05, 0.1) is 0 Å². The van der Waals surface area contributed by atoms with Gasteiger partial charge in [0.2, 0.25) is 5.91 Å². The van der Waals surface area contributed by atoms with Crippen molar-refractivity contribution in [3.63, 3.8) is 0 Å². The van der Waals surface area contributed by atoms with Gasteiger partial charge in [-0.15, -0.1) is 0 Å². The highest BCUT2D eigenvalue weighted by atomic mass is 16.6. The summed E-state index contributed by atoms with van der Waals surface area (Å²) in [6.07, 6.45) is 0.349. The Balaban J connectivity index is 1.51. The van der Waals surface area contributed by atoms with Crippen molar-refractivity contribution in [3.05, 3.63) is 92.3 Å². The van der Waals surface area contributed by atoms with Gasteiger partial charge < -0.3 is 19.5 Å². The Labute approximate surface area is 259 Å². The minimum Gasteiger partial charge on any atom is -0.480 e. The molecule has 0 fully saturated rings. The van der Waals surface area contributed by atoms with Crippen molar-refractivity contribution in [2.24, 2.45) is 0 Å². The number of fused-ring (bicyclic) bond motifs is 3. The van der Waals surface area contributed by atoms with Gasteiger partial charge in [-0.3, -0.25) is 33.6 Å². The number of aromatic amines is 1. The maximum atomic E-state index is 13.4. The predicted molar refractivity (Wildman–Crippen MR) is 163 cm³/mol. The second-order valence-electron chi connectivity index (χ2n) is 11.7. The van der Waals surface area contributed by atoms with Crippen LogP contribution in [0.3, 0.4) is 0 Å². The van der Waals surface area contributed by atoms with Crippen LogP contribution in [-0.2, 0) is 30.4 Å². The molecule has 1 aliphatic carbocycles. The first-order valence-electron chi connectivity index (χ1n) is 14.3. The first-order valence-corrected chi connectivity index (χ1v) is 14.3. The van der Waals surface area contributed by atoms with Gasteiger partial charge in [-0.05, 0) is 49.9 Å². The van der Waals surface area contributed by atoms with Gasteiger partial charge in [0.25, 0.3) is 5.56 Å². The number of amides is 2. The molecule has 1 aliphatic rings. The van der Waals surface area contributed by atoms with Crippen LogP contribution in [0.5, 0.6) is 0 Å². The van der Waals surface area contributed by atoms with Crippen LogP contribution in [-0.4, -0.2) is 86.8 Å². The van der Waals surface area contributed by atoms with Crippen LogP contribution in [0, 0.1) is 6.92 Å². The van der Waals surface area contributed by atoms with Crippen LogP contribution in [0.4, 0.5) is 4.79 Å². The molecule has 1 heterocycles. The summed E-state index contributed by atoms with van der Waals surface area (Å²) in [5.41, 5.74) is 1.99. The predicted octanol–water partition coefficient (Wildman–Crippen LogP) is 2.35.